The van der Waals surface area contributed by atoms with Gasteiger partial charge in [0.15, 0.2) is 0 Å². The van der Waals surface area contributed by atoms with Gasteiger partial charge in [-0.3, -0.25) is 14.6 Å². The standard InChI is InChI=1S/C31H43N3O3/c1-20(2)33-18-28(35)34-19-29(36)37-23-11-13-30(3)22(16-23)7-8-24-26-10-9-25(21-6-5-15-32-17-21)31(26,4)14-12-27(24)30/h5-7,9,15,17,20,23-24,26-27,33H,8,10-14,16,18-19H2,1-4H3,(H,34,35)/t23-,24-,26?,27?,30-,31+/m0/s1. The fourth-order valence-corrected chi connectivity index (χ4v) is 8.02. The number of allylic oxidation sites excluding steroid dienone is 3. The molecule has 0 spiro atoms. The molecule has 0 aromatic carbocycles. The topological polar surface area (TPSA) is 80.3 Å². The number of ether oxygens (including phenoxy) is 1. The molecule has 6 nitrogen and oxygen atoms in total. The van der Waals surface area contributed by atoms with Crippen molar-refractivity contribution in [3.05, 3.63) is 47.8 Å². The van der Waals surface area contributed by atoms with Gasteiger partial charge in [0.1, 0.15) is 12.6 Å². The van der Waals surface area contributed by atoms with Crippen molar-refractivity contribution in [1.82, 2.24) is 15.6 Å². The maximum Gasteiger partial charge on any atom is 0.325 e. The molecule has 4 aliphatic carbocycles. The van der Waals surface area contributed by atoms with Gasteiger partial charge in [-0.25, -0.2) is 0 Å². The zero-order valence-corrected chi connectivity index (χ0v) is 22.9. The van der Waals surface area contributed by atoms with E-state index in [1.165, 1.54) is 36.0 Å². The molecule has 200 valence electrons. The SMILES string of the molecule is CC(C)NCC(=O)NCC(=O)O[C@H]1CC[C@@]2(C)C(=CC[C@@H]3C2CC[C@]2(C)C(c4cccnc4)=CCC32)C1. The van der Waals surface area contributed by atoms with Crippen molar-refractivity contribution in [3.63, 3.8) is 0 Å². The number of carbonyl (C=O) groups is 2. The third kappa shape index (κ3) is 5.01. The minimum atomic E-state index is -0.339. The van der Waals surface area contributed by atoms with Crippen molar-refractivity contribution in [1.29, 1.82) is 0 Å². The monoisotopic (exact) mass is 505 g/mol. The fourth-order valence-electron chi connectivity index (χ4n) is 8.02. The van der Waals surface area contributed by atoms with Crippen molar-refractivity contribution in [3.8, 4) is 0 Å². The third-order valence-electron chi connectivity index (χ3n) is 10.0. The van der Waals surface area contributed by atoms with Crippen LogP contribution >= 0.6 is 0 Å². The summed E-state index contributed by atoms with van der Waals surface area (Å²) in [5, 5.41) is 5.73. The van der Waals surface area contributed by atoms with Crippen LogP contribution in [0.3, 0.4) is 0 Å². The van der Waals surface area contributed by atoms with Gasteiger partial charge in [-0.1, -0.05) is 51.5 Å². The molecule has 1 amide bonds. The molecule has 37 heavy (non-hydrogen) atoms. The number of hydrogen-bond donors (Lipinski definition) is 2. The minimum absolute atomic E-state index is 0.0668. The van der Waals surface area contributed by atoms with Crippen LogP contribution in [0.4, 0.5) is 0 Å². The molecular formula is C31H43N3O3. The van der Waals surface area contributed by atoms with Crippen LogP contribution in [-0.2, 0) is 14.3 Å². The average molecular weight is 506 g/mol. The smallest absolute Gasteiger partial charge is 0.325 e. The van der Waals surface area contributed by atoms with E-state index in [2.05, 4.69) is 53.7 Å². The Hall–Kier alpha value is -2.47. The number of aromatic nitrogens is 1. The number of rotatable bonds is 7. The molecule has 5 rings (SSSR count). The Labute approximate surface area is 221 Å². The Balaban J connectivity index is 1.20. The number of fused-ring (bicyclic) bond motifs is 5. The van der Waals surface area contributed by atoms with E-state index >= 15 is 0 Å². The van der Waals surface area contributed by atoms with Crippen LogP contribution in [0.5, 0.6) is 0 Å². The fraction of sp³-hybridized carbons (Fsp3) is 0.645. The molecule has 2 saturated carbocycles. The summed E-state index contributed by atoms with van der Waals surface area (Å²) in [6, 6.07) is 4.50. The Bertz CT molecular complexity index is 1080. The Morgan fingerprint density at radius 1 is 1.08 bits per heavy atom. The lowest BCUT2D eigenvalue weighted by molar-refractivity contribution is -0.151. The first-order chi connectivity index (χ1) is 17.7. The highest BCUT2D eigenvalue weighted by atomic mass is 16.5. The summed E-state index contributed by atoms with van der Waals surface area (Å²) in [5.41, 5.74) is 4.71. The molecule has 1 heterocycles. The van der Waals surface area contributed by atoms with Crippen molar-refractivity contribution >= 4 is 17.4 Å². The van der Waals surface area contributed by atoms with Crippen LogP contribution < -0.4 is 10.6 Å². The normalized spacial score (nSPS) is 34.5. The van der Waals surface area contributed by atoms with E-state index in [4.69, 9.17) is 4.74 Å². The van der Waals surface area contributed by atoms with Crippen molar-refractivity contribution in [2.45, 2.75) is 84.8 Å². The van der Waals surface area contributed by atoms with Crippen molar-refractivity contribution in [2.24, 2.45) is 28.6 Å². The van der Waals surface area contributed by atoms with Gasteiger partial charge in [-0.2, -0.15) is 0 Å². The van der Waals surface area contributed by atoms with Crippen LogP contribution in [0.2, 0.25) is 0 Å². The summed E-state index contributed by atoms with van der Waals surface area (Å²) >= 11 is 0. The molecule has 6 heteroatoms. The second kappa shape index (κ2) is 10.4. The third-order valence-corrected chi connectivity index (χ3v) is 10.0. The van der Waals surface area contributed by atoms with Crippen LogP contribution in [0.1, 0.15) is 78.2 Å². The number of amides is 1. The lowest BCUT2D eigenvalue weighted by Gasteiger charge is -2.57. The molecule has 0 saturated heterocycles. The van der Waals surface area contributed by atoms with E-state index in [0.717, 1.165) is 25.7 Å². The van der Waals surface area contributed by atoms with Crippen LogP contribution in [0.15, 0.2) is 42.3 Å². The van der Waals surface area contributed by atoms with Gasteiger partial charge < -0.3 is 15.4 Å². The van der Waals surface area contributed by atoms with Crippen LogP contribution in [-0.4, -0.2) is 42.1 Å². The number of nitrogens with one attached hydrogen (secondary N) is 2. The Kier molecular flexibility index (Phi) is 7.32. The molecule has 0 aliphatic heterocycles. The highest BCUT2D eigenvalue weighted by Crippen LogP contribution is 2.66. The predicted octanol–water partition coefficient (Wildman–Crippen LogP) is 5.06. The van der Waals surface area contributed by atoms with E-state index in [1.807, 2.05) is 26.2 Å². The summed E-state index contributed by atoms with van der Waals surface area (Å²) in [6.45, 7) is 9.08. The first kappa shape index (κ1) is 26.1. The molecule has 1 aromatic heterocycles. The summed E-state index contributed by atoms with van der Waals surface area (Å²) in [7, 11) is 0. The van der Waals surface area contributed by atoms with Gasteiger partial charge in [0.2, 0.25) is 5.91 Å². The van der Waals surface area contributed by atoms with E-state index in [9.17, 15) is 9.59 Å². The molecule has 0 radical (unpaired) electrons. The second-order valence-electron chi connectivity index (χ2n) is 12.5. The quantitative estimate of drug-likeness (QED) is 0.400. The summed E-state index contributed by atoms with van der Waals surface area (Å²) in [5.74, 6) is 1.55. The molecule has 1 aromatic rings. The van der Waals surface area contributed by atoms with E-state index in [0.29, 0.717) is 17.8 Å². The van der Waals surface area contributed by atoms with Crippen LogP contribution in [0, 0.1) is 28.6 Å². The molecule has 2 unspecified atom stereocenters. The predicted molar refractivity (Wildman–Crippen MR) is 145 cm³/mol. The van der Waals surface area contributed by atoms with Crippen molar-refractivity contribution in [2.75, 3.05) is 13.1 Å². The molecular weight excluding hydrogens is 462 g/mol. The van der Waals surface area contributed by atoms with Gasteiger partial charge in [-0.15, -0.1) is 0 Å². The summed E-state index contributed by atoms with van der Waals surface area (Å²) < 4.78 is 5.82. The van der Waals surface area contributed by atoms with Gasteiger partial charge in [-0.05, 0) is 84.3 Å². The summed E-state index contributed by atoms with van der Waals surface area (Å²) in [4.78, 5) is 28.8. The van der Waals surface area contributed by atoms with E-state index < -0.39 is 0 Å². The van der Waals surface area contributed by atoms with Gasteiger partial charge in [0, 0.05) is 24.9 Å². The second-order valence-corrected chi connectivity index (χ2v) is 12.5. The number of hydrogen-bond acceptors (Lipinski definition) is 5. The van der Waals surface area contributed by atoms with E-state index in [1.54, 1.807) is 0 Å². The molecule has 2 fully saturated rings. The number of pyridine rings is 1. The molecule has 4 aliphatic rings. The molecule has 6 atom stereocenters. The maximum absolute atomic E-state index is 12.4. The van der Waals surface area contributed by atoms with Crippen LogP contribution in [0.25, 0.3) is 5.57 Å². The first-order valence-corrected chi connectivity index (χ1v) is 14.2. The minimum Gasteiger partial charge on any atom is -0.461 e. The van der Waals surface area contributed by atoms with Crippen molar-refractivity contribution < 1.29 is 14.3 Å². The van der Waals surface area contributed by atoms with Gasteiger partial charge in [0.25, 0.3) is 0 Å². The maximum atomic E-state index is 12.4. The Morgan fingerprint density at radius 2 is 1.89 bits per heavy atom. The largest absolute Gasteiger partial charge is 0.461 e. The van der Waals surface area contributed by atoms with Gasteiger partial charge in [0.05, 0.1) is 6.54 Å². The number of esters is 1. The van der Waals surface area contributed by atoms with E-state index in [-0.39, 0.29) is 47.9 Å². The molecule has 0 bridgehead atoms. The number of nitrogens with zero attached hydrogens (tertiary/aromatic N) is 1. The summed E-state index contributed by atoms with van der Waals surface area (Å²) in [6.07, 6.45) is 16.4. The highest BCUT2D eigenvalue weighted by molar-refractivity contribution is 5.83. The highest BCUT2D eigenvalue weighted by Gasteiger charge is 2.57. The average Bonchev–Trinajstić information content (AvgIpc) is 3.24. The molecule has 2 N–H and O–H groups in total. The zero-order valence-electron chi connectivity index (χ0n) is 22.9. The Morgan fingerprint density at radius 3 is 2.65 bits per heavy atom. The van der Waals surface area contributed by atoms with Gasteiger partial charge >= 0.3 is 5.97 Å². The zero-order chi connectivity index (χ0) is 26.2. The lowest BCUT2D eigenvalue weighted by atomic mass is 9.47. The lowest BCUT2D eigenvalue weighted by Crippen LogP contribution is -2.50. The number of carbonyl (C=O) groups excluding carboxylic acids is 2. The first-order valence-electron chi connectivity index (χ1n) is 14.2.